The first-order chi connectivity index (χ1) is 8.59. The Hall–Kier alpha value is -1.57. The van der Waals surface area contributed by atoms with Crippen LogP contribution in [-0.2, 0) is 9.53 Å². The van der Waals surface area contributed by atoms with E-state index in [4.69, 9.17) is 4.74 Å². The summed E-state index contributed by atoms with van der Waals surface area (Å²) in [6.45, 7) is 6.08. The van der Waals surface area contributed by atoms with Crippen LogP contribution in [0.2, 0.25) is 0 Å². The van der Waals surface area contributed by atoms with Gasteiger partial charge in [-0.25, -0.2) is 0 Å². The molecule has 0 N–H and O–H groups in total. The second-order valence-corrected chi connectivity index (χ2v) is 4.72. The van der Waals surface area contributed by atoms with Crippen molar-refractivity contribution in [3.05, 3.63) is 47.5 Å². The lowest BCUT2D eigenvalue weighted by Gasteiger charge is -2.10. The number of ether oxygens (including phenoxy) is 1. The van der Waals surface area contributed by atoms with Crippen LogP contribution < -0.4 is 0 Å². The molecule has 0 saturated heterocycles. The molecule has 1 unspecified atom stereocenters. The Labute approximate surface area is 110 Å². The zero-order chi connectivity index (χ0) is 13.4. The molecule has 0 spiro atoms. The molecule has 2 heteroatoms. The van der Waals surface area contributed by atoms with E-state index < -0.39 is 0 Å². The number of rotatable bonds is 6. The minimum Gasteiger partial charge on any atom is -0.461 e. The van der Waals surface area contributed by atoms with Gasteiger partial charge in [-0.05, 0) is 36.8 Å². The highest BCUT2D eigenvalue weighted by Gasteiger charge is 2.03. The predicted octanol–water partition coefficient (Wildman–Crippen LogP) is 4.08. The molecular formula is C16H22O2. The third kappa shape index (κ3) is 5.67. The zero-order valence-electron chi connectivity index (χ0n) is 11.5. The molecule has 0 aromatic heterocycles. The Morgan fingerprint density at radius 2 is 1.94 bits per heavy atom. The normalized spacial score (nSPS) is 13.2. The van der Waals surface area contributed by atoms with E-state index in [-0.39, 0.29) is 5.97 Å². The van der Waals surface area contributed by atoms with E-state index in [9.17, 15) is 4.79 Å². The van der Waals surface area contributed by atoms with Crippen molar-refractivity contribution >= 4 is 5.97 Å². The molecule has 0 fully saturated rings. The van der Waals surface area contributed by atoms with Gasteiger partial charge in [0.25, 0.3) is 0 Å². The largest absolute Gasteiger partial charge is 0.461 e. The molecule has 1 rings (SSSR count). The van der Waals surface area contributed by atoms with Crippen molar-refractivity contribution in [1.82, 2.24) is 0 Å². The van der Waals surface area contributed by atoms with E-state index in [1.807, 2.05) is 13.0 Å². The van der Waals surface area contributed by atoms with Gasteiger partial charge in [-0.3, -0.25) is 4.79 Å². The molecule has 0 radical (unpaired) electrons. The lowest BCUT2D eigenvalue weighted by Crippen LogP contribution is -2.01. The van der Waals surface area contributed by atoms with Crippen molar-refractivity contribution < 1.29 is 9.53 Å². The summed E-state index contributed by atoms with van der Waals surface area (Å²) in [5.41, 5.74) is 2.49. The highest BCUT2D eigenvalue weighted by atomic mass is 16.5. The molecule has 0 amide bonds. The predicted molar refractivity (Wildman–Crippen MR) is 74.5 cm³/mol. The monoisotopic (exact) mass is 246 g/mol. The molecule has 0 saturated carbocycles. The molecule has 2 nitrogen and oxygen atoms in total. The maximum absolute atomic E-state index is 10.7. The van der Waals surface area contributed by atoms with Gasteiger partial charge in [0, 0.05) is 6.92 Å². The van der Waals surface area contributed by atoms with Crippen LogP contribution in [0.4, 0.5) is 0 Å². The molecule has 1 aromatic rings. The molecule has 1 aromatic carbocycles. The minimum absolute atomic E-state index is 0.222. The maximum Gasteiger partial charge on any atom is 0.302 e. The third-order valence-electron chi connectivity index (χ3n) is 2.96. The summed E-state index contributed by atoms with van der Waals surface area (Å²) in [7, 11) is 0. The first-order valence-electron chi connectivity index (χ1n) is 6.43. The van der Waals surface area contributed by atoms with Crippen LogP contribution in [0.3, 0.4) is 0 Å². The van der Waals surface area contributed by atoms with Crippen LogP contribution in [-0.4, -0.2) is 12.6 Å². The van der Waals surface area contributed by atoms with Gasteiger partial charge < -0.3 is 4.74 Å². The van der Waals surface area contributed by atoms with Crippen LogP contribution in [0.25, 0.3) is 0 Å². The fourth-order valence-electron chi connectivity index (χ4n) is 1.80. The van der Waals surface area contributed by atoms with E-state index in [0.717, 1.165) is 18.4 Å². The quantitative estimate of drug-likeness (QED) is 0.558. The minimum atomic E-state index is -0.222. The van der Waals surface area contributed by atoms with Crippen LogP contribution in [0, 0.1) is 0 Å². The van der Waals surface area contributed by atoms with Crippen molar-refractivity contribution in [1.29, 1.82) is 0 Å². The lowest BCUT2D eigenvalue weighted by molar-refractivity contribution is -0.139. The highest BCUT2D eigenvalue weighted by molar-refractivity contribution is 5.66. The second-order valence-electron chi connectivity index (χ2n) is 4.72. The molecule has 0 heterocycles. The van der Waals surface area contributed by atoms with Crippen LogP contribution >= 0.6 is 0 Å². The Morgan fingerprint density at radius 3 is 2.56 bits per heavy atom. The summed E-state index contributed by atoms with van der Waals surface area (Å²) in [6, 6.07) is 10.5. The van der Waals surface area contributed by atoms with Crippen molar-refractivity contribution in [3.63, 3.8) is 0 Å². The fraction of sp³-hybridized carbons (Fsp3) is 0.438. The van der Waals surface area contributed by atoms with Crippen molar-refractivity contribution in [2.75, 3.05) is 6.61 Å². The SMILES string of the molecule is CC(=O)OC/C(C)=C/CCC(C)c1ccccc1. The number of allylic oxidation sites excluding steroid dienone is 1. The van der Waals surface area contributed by atoms with Crippen molar-refractivity contribution in [3.8, 4) is 0 Å². The number of esters is 1. The fourth-order valence-corrected chi connectivity index (χ4v) is 1.80. The molecule has 18 heavy (non-hydrogen) atoms. The third-order valence-corrected chi connectivity index (χ3v) is 2.96. The Bertz CT molecular complexity index is 393. The van der Waals surface area contributed by atoms with Crippen molar-refractivity contribution in [2.24, 2.45) is 0 Å². The Morgan fingerprint density at radius 1 is 1.28 bits per heavy atom. The smallest absolute Gasteiger partial charge is 0.302 e. The van der Waals surface area contributed by atoms with Gasteiger partial charge in [0.05, 0.1) is 0 Å². The molecular weight excluding hydrogens is 224 g/mol. The van der Waals surface area contributed by atoms with E-state index in [1.165, 1.54) is 12.5 Å². The average Bonchev–Trinajstić information content (AvgIpc) is 2.37. The summed E-state index contributed by atoms with van der Waals surface area (Å²) in [6.07, 6.45) is 4.28. The summed E-state index contributed by atoms with van der Waals surface area (Å²) in [5, 5.41) is 0. The molecule has 1 atom stereocenters. The number of carbonyl (C=O) groups is 1. The molecule has 98 valence electrons. The number of benzene rings is 1. The maximum atomic E-state index is 10.7. The zero-order valence-corrected chi connectivity index (χ0v) is 11.5. The summed E-state index contributed by atoms with van der Waals surface area (Å²) >= 11 is 0. The van der Waals surface area contributed by atoms with Gasteiger partial charge in [-0.15, -0.1) is 0 Å². The summed E-state index contributed by atoms with van der Waals surface area (Å²) in [4.78, 5) is 10.7. The standard InChI is InChI=1S/C16H22O2/c1-13(12-18-15(3)17)8-7-9-14(2)16-10-5-4-6-11-16/h4-6,8,10-11,14H,7,9,12H2,1-3H3/b13-8+. The Kier molecular flexibility index (Phi) is 6.20. The first-order valence-corrected chi connectivity index (χ1v) is 6.43. The lowest BCUT2D eigenvalue weighted by atomic mass is 9.96. The number of hydrogen-bond acceptors (Lipinski definition) is 2. The van der Waals surface area contributed by atoms with E-state index in [1.54, 1.807) is 0 Å². The molecule has 0 aliphatic rings. The highest BCUT2D eigenvalue weighted by Crippen LogP contribution is 2.20. The second kappa shape index (κ2) is 7.70. The van der Waals surface area contributed by atoms with Gasteiger partial charge in [0.1, 0.15) is 6.61 Å². The van der Waals surface area contributed by atoms with Gasteiger partial charge in [0.2, 0.25) is 0 Å². The van der Waals surface area contributed by atoms with Crippen LogP contribution in [0.5, 0.6) is 0 Å². The van der Waals surface area contributed by atoms with Crippen LogP contribution in [0.15, 0.2) is 42.0 Å². The van der Waals surface area contributed by atoms with Gasteiger partial charge in [0.15, 0.2) is 0 Å². The molecule has 0 aliphatic heterocycles. The summed E-state index contributed by atoms with van der Waals surface area (Å²) < 4.78 is 4.94. The Balaban J connectivity index is 2.32. The van der Waals surface area contributed by atoms with Gasteiger partial charge >= 0.3 is 5.97 Å². The van der Waals surface area contributed by atoms with Crippen LogP contribution in [0.1, 0.15) is 45.1 Å². The van der Waals surface area contributed by atoms with Crippen molar-refractivity contribution in [2.45, 2.75) is 39.5 Å². The summed E-state index contributed by atoms with van der Waals surface area (Å²) in [5.74, 6) is 0.337. The number of carbonyl (C=O) groups excluding carboxylic acids is 1. The number of hydrogen-bond donors (Lipinski definition) is 0. The molecule has 0 bridgehead atoms. The van der Waals surface area contributed by atoms with Gasteiger partial charge in [-0.2, -0.15) is 0 Å². The topological polar surface area (TPSA) is 26.3 Å². The first kappa shape index (κ1) is 14.5. The van der Waals surface area contributed by atoms with E-state index in [2.05, 4.69) is 37.3 Å². The average molecular weight is 246 g/mol. The molecule has 0 aliphatic carbocycles. The van der Waals surface area contributed by atoms with E-state index in [0.29, 0.717) is 12.5 Å². The van der Waals surface area contributed by atoms with E-state index >= 15 is 0 Å². The van der Waals surface area contributed by atoms with Gasteiger partial charge in [-0.1, -0.05) is 43.3 Å².